The van der Waals surface area contributed by atoms with Gasteiger partial charge in [0.15, 0.2) is 0 Å². The zero-order chi connectivity index (χ0) is 13.7. The van der Waals surface area contributed by atoms with Gasteiger partial charge in [-0.3, -0.25) is 4.79 Å². The zero-order valence-corrected chi connectivity index (χ0v) is 11.8. The maximum absolute atomic E-state index is 12.5. The van der Waals surface area contributed by atoms with Gasteiger partial charge in [-0.25, -0.2) is 0 Å². The third kappa shape index (κ3) is 1.81. The van der Waals surface area contributed by atoms with E-state index in [0.29, 0.717) is 19.0 Å². The Hall–Kier alpha value is -1.59. The molecule has 0 aromatic carbocycles. The Balaban J connectivity index is 1.54. The molecule has 20 heavy (non-hydrogen) atoms. The number of hydrogen-bond donors (Lipinski definition) is 1. The van der Waals surface area contributed by atoms with Gasteiger partial charge in [-0.2, -0.15) is 0 Å². The van der Waals surface area contributed by atoms with Crippen molar-refractivity contribution in [1.82, 2.24) is 9.47 Å². The highest BCUT2D eigenvalue weighted by molar-refractivity contribution is 7.12. The molecule has 2 aromatic heterocycles. The normalized spacial score (nSPS) is 20.8. The average molecular weight is 288 g/mol. The second-order valence-electron chi connectivity index (χ2n) is 5.76. The molecule has 0 radical (unpaired) electrons. The molecule has 1 amide bonds. The van der Waals surface area contributed by atoms with E-state index in [9.17, 15) is 9.90 Å². The minimum Gasteiger partial charge on any atom is -0.386 e. The number of carbonyl (C=O) groups is 1. The van der Waals surface area contributed by atoms with Crippen molar-refractivity contribution in [1.29, 1.82) is 0 Å². The number of aromatic nitrogens is 1. The van der Waals surface area contributed by atoms with Crippen molar-refractivity contribution in [3.8, 4) is 5.69 Å². The third-order valence-corrected chi connectivity index (χ3v) is 5.17. The van der Waals surface area contributed by atoms with Gasteiger partial charge in [0.1, 0.15) is 10.5 Å². The van der Waals surface area contributed by atoms with E-state index in [4.69, 9.17) is 0 Å². The molecule has 2 fully saturated rings. The molecule has 1 aliphatic heterocycles. The van der Waals surface area contributed by atoms with Crippen LogP contribution < -0.4 is 0 Å². The van der Waals surface area contributed by atoms with Gasteiger partial charge in [0.25, 0.3) is 5.91 Å². The van der Waals surface area contributed by atoms with Crippen molar-refractivity contribution >= 4 is 17.2 Å². The molecule has 1 aliphatic carbocycles. The quantitative estimate of drug-likeness (QED) is 0.940. The summed E-state index contributed by atoms with van der Waals surface area (Å²) in [5.41, 5.74) is 0.312. The summed E-state index contributed by atoms with van der Waals surface area (Å²) in [6.07, 6.45) is 6.09. The van der Waals surface area contributed by atoms with E-state index in [-0.39, 0.29) is 5.91 Å². The molecule has 0 spiro atoms. The van der Waals surface area contributed by atoms with Crippen LogP contribution in [0.3, 0.4) is 0 Å². The van der Waals surface area contributed by atoms with Crippen molar-refractivity contribution in [3.05, 3.63) is 40.8 Å². The molecule has 1 N–H and O–H groups in total. The molecule has 4 nitrogen and oxygen atoms in total. The highest BCUT2D eigenvalue weighted by atomic mass is 32.1. The number of rotatable bonds is 3. The fourth-order valence-corrected chi connectivity index (χ4v) is 3.80. The van der Waals surface area contributed by atoms with Crippen molar-refractivity contribution in [2.45, 2.75) is 18.4 Å². The molecule has 104 valence electrons. The number of amides is 1. The smallest absolute Gasteiger partial charge is 0.266 e. The van der Waals surface area contributed by atoms with Crippen LogP contribution in [0, 0.1) is 5.92 Å². The van der Waals surface area contributed by atoms with Gasteiger partial charge >= 0.3 is 0 Å². The Morgan fingerprint density at radius 1 is 1.30 bits per heavy atom. The number of thiophene rings is 1. The van der Waals surface area contributed by atoms with Crippen LogP contribution in [0.5, 0.6) is 0 Å². The van der Waals surface area contributed by atoms with E-state index in [2.05, 4.69) is 0 Å². The number of β-amino-alcohol motifs (C(OH)–C–C–N with tert-alkyl or cyclic N) is 1. The lowest BCUT2D eigenvalue weighted by atomic mass is 9.88. The van der Waals surface area contributed by atoms with Gasteiger partial charge in [0.2, 0.25) is 0 Å². The molecular formula is C15H16N2O2S. The van der Waals surface area contributed by atoms with E-state index in [1.54, 1.807) is 4.90 Å². The van der Waals surface area contributed by atoms with Crippen LogP contribution in [0.15, 0.2) is 36.0 Å². The van der Waals surface area contributed by atoms with Crippen molar-refractivity contribution in [2.24, 2.45) is 5.92 Å². The minimum atomic E-state index is -0.611. The fourth-order valence-electron chi connectivity index (χ4n) is 2.94. The maximum atomic E-state index is 12.5. The third-order valence-electron chi connectivity index (χ3n) is 4.28. The number of nitrogens with zero attached hydrogens (tertiary/aromatic N) is 2. The summed E-state index contributed by atoms with van der Waals surface area (Å²) < 4.78 is 1.95. The molecule has 4 rings (SSSR count). The maximum Gasteiger partial charge on any atom is 0.266 e. The molecule has 0 unspecified atom stereocenters. The Morgan fingerprint density at radius 3 is 2.65 bits per heavy atom. The molecule has 2 aromatic rings. The van der Waals surface area contributed by atoms with Crippen molar-refractivity contribution in [3.63, 3.8) is 0 Å². The van der Waals surface area contributed by atoms with E-state index in [0.717, 1.165) is 23.4 Å². The molecule has 1 saturated carbocycles. The Kier molecular flexibility index (Phi) is 2.56. The molecule has 5 heteroatoms. The van der Waals surface area contributed by atoms with E-state index in [1.807, 2.05) is 40.5 Å². The lowest BCUT2D eigenvalue weighted by Gasteiger charge is -2.46. The van der Waals surface area contributed by atoms with Crippen molar-refractivity contribution in [2.75, 3.05) is 13.1 Å². The highest BCUT2D eigenvalue weighted by Crippen LogP contribution is 2.45. The van der Waals surface area contributed by atoms with Crippen LogP contribution in [-0.2, 0) is 0 Å². The van der Waals surface area contributed by atoms with Gasteiger partial charge in [-0.15, -0.1) is 11.3 Å². The summed E-state index contributed by atoms with van der Waals surface area (Å²) in [5, 5.41) is 12.3. The fraction of sp³-hybridized carbons (Fsp3) is 0.400. The largest absolute Gasteiger partial charge is 0.386 e. The van der Waals surface area contributed by atoms with Gasteiger partial charge in [0.05, 0.1) is 18.8 Å². The molecule has 0 bridgehead atoms. The second kappa shape index (κ2) is 4.20. The number of aliphatic hydroxyl groups is 1. The predicted molar refractivity (Wildman–Crippen MR) is 77.2 cm³/mol. The molecule has 0 atom stereocenters. The highest BCUT2D eigenvalue weighted by Gasteiger charge is 2.53. The van der Waals surface area contributed by atoms with E-state index < -0.39 is 5.60 Å². The van der Waals surface area contributed by atoms with Crippen LogP contribution in [0.25, 0.3) is 5.69 Å². The molecule has 3 heterocycles. The first kappa shape index (κ1) is 12.2. The van der Waals surface area contributed by atoms with Crippen LogP contribution in [-0.4, -0.2) is 39.2 Å². The van der Waals surface area contributed by atoms with Crippen LogP contribution in [0.1, 0.15) is 22.5 Å². The Morgan fingerprint density at radius 2 is 2.00 bits per heavy atom. The Labute approximate surface area is 121 Å². The lowest BCUT2D eigenvalue weighted by molar-refractivity contribution is -0.0956. The molecule has 1 saturated heterocycles. The monoisotopic (exact) mass is 288 g/mol. The lowest BCUT2D eigenvalue weighted by Crippen LogP contribution is -2.64. The van der Waals surface area contributed by atoms with Gasteiger partial charge in [-0.1, -0.05) is 0 Å². The standard InChI is InChI=1S/C15H16N2O2S/c18-14(17-9-15(19,10-17)11-3-4-11)13-12(5-8-20-13)16-6-1-2-7-16/h1-2,5-8,11,19H,3-4,9-10H2. The first-order valence-electron chi connectivity index (χ1n) is 6.90. The van der Waals surface area contributed by atoms with Crippen LogP contribution in [0.2, 0.25) is 0 Å². The summed E-state index contributed by atoms with van der Waals surface area (Å²) in [4.78, 5) is 15.1. The van der Waals surface area contributed by atoms with E-state index in [1.165, 1.54) is 11.3 Å². The average Bonchev–Trinajstić information content (AvgIpc) is 2.92. The second-order valence-corrected chi connectivity index (χ2v) is 6.68. The topological polar surface area (TPSA) is 45.5 Å². The SMILES string of the molecule is O=C(c1sccc1-n1cccc1)N1CC(O)(C2CC2)C1. The first-order chi connectivity index (χ1) is 9.67. The summed E-state index contributed by atoms with van der Waals surface area (Å²) in [5.74, 6) is 0.452. The van der Waals surface area contributed by atoms with Gasteiger partial charge in [0, 0.05) is 12.4 Å². The summed E-state index contributed by atoms with van der Waals surface area (Å²) in [7, 11) is 0. The van der Waals surface area contributed by atoms with Gasteiger partial charge in [-0.05, 0) is 42.3 Å². The van der Waals surface area contributed by atoms with Crippen LogP contribution >= 0.6 is 11.3 Å². The Bertz CT molecular complexity index is 637. The number of hydrogen-bond acceptors (Lipinski definition) is 3. The predicted octanol–water partition coefficient (Wildman–Crippen LogP) is 2.14. The summed E-state index contributed by atoms with van der Waals surface area (Å²) >= 11 is 1.46. The number of likely N-dealkylation sites (tertiary alicyclic amines) is 1. The van der Waals surface area contributed by atoms with Gasteiger partial charge < -0.3 is 14.6 Å². The van der Waals surface area contributed by atoms with E-state index >= 15 is 0 Å². The van der Waals surface area contributed by atoms with Crippen molar-refractivity contribution < 1.29 is 9.90 Å². The molecular weight excluding hydrogens is 272 g/mol. The molecule has 2 aliphatic rings. The minimum absolute atomic E-state index is 0.0361. The summed E-state index contributed by atoms with van der Waals surface area (Å²) in [6.45, 7) is 0.971. The van der Waals surface area contributed by atoms with Crippen LogP contribution in [0.4, 0.5) is 0 Å². The first-order valence-corrected chi connectivity index (χ1v) is 7.78. The number of carbonyl (C=O) groups excluding carboxylic acids is 1. The zero-order valence-electron chi connectivity index (χ0n) is 11.0. The summed E-state index contributed by atoms with van der Waals surface area (Å²) in [6, 6.07) is 5.85.